The van der Waals surface area contributed by atoms with Gasteiger partial charge in [-0.05, 0) is 53.1 Å². The van der Waals surface area contributed by atoms with Gasteiger partial charge >= 0.3 is 0 Å². The number of halogens is 3. The summed E-state index contributed by atoms with van der Waals surface area (Å²) in [7, 11) is 3.72. The molecule has 1 amide bonds. The minimum atomic E-state index is -0.361. The third-order valence-corrected chi connectivity index (χ3v) is 2.82. The van der Waals surface area contributed by atoms with Crippen LogP contribution in [-0.2, 0) is 9.59 Å². The highest BCUT2D eigenvalue weighted by Gasteiger charge is 2.03. The van der Waals surface area contributed by atoms with E-state index < -0.39 is 0 Å². The van der Waals surface area contributed by atoms with E-state index in [0.29, 0.717) is 0 Å². The van der Waals surface area contributed by atoms with Crippen LogP contribution in [0.2, 0.25) is 0 Å². The lowest BCUT2D eigenvalue weighted by molar-refractivity contribution is -0.125. The molecule has 0 spiro atoms. The van der Waals surface area contributed by atoms with E-state index in [4.69, 9.17) is 0 Å². The smallest absolute Gasteiger partial charge is 0.223 e. The molecule has 0 rings (SSSR count). The van der Waals surface area contributed by atoms with Crippen LogP contribution < -0.4 is 5.32 Å². The van der Waals surface area contributed by atoms with E-state index in [1.165, 1.54) is 23.8 Å². The Kier molecular flexibility index (Phi) is 142. The minimum Gasteiger partial charge on any atom is -0.392 e. The Balaban J connectivity index is -0.0000000276. The molecule has 0 aliphatic carbocycles. The van der Waals surface area contributed by atoms with Crippen molar-refractivity contribution in [2.75, 3.05) is 14.1 Å². The highest BCUT2D eigenvalue weighted by Crippen LogP contribution is 2.05. The van der Waals surface area contributed by atoms with Crippen molar-refractivity contribution in [3.63, 3.8) is 0 Å². The first-order chi connectivity index (χ1) is 16.4. The molecule has 0 aromatic carbocycles. The van der Waals surface area contributed by atoms with E-state index in [9.17, 15) is 9.59 Å². The van der Waals surface area contributed by atoms with Gasteiger partial charge in [0.2, 0.25) is 11.1 Å². The van der Waals surface area contributed by atoms with E-state index in [1.807, 2.05) is 111 Å². The van der Waals surface area contributed by atoms with E-state index in [1.54, 1.807) is 18.9 Å². The fraction of sp³-hybridized carbons (Fsp3) is 0.786. The summed E-state index contributed by atoms with van der Waals surface area (Å²) in [6, 6.07) is 0. The molecule has 0 aliphatic rings. The number of amides is 1. The Morgan fingerprint density at radius 1 is 0.600 bits per heavy atom. The van der Waals surface area contributed by atoms with E-state index >= 15 is 0 Å². The summed E-state index contributed by atoms with van der Waals surface area (Å²) >= 11 is 8.88. The minimum absolute atomic E-state index is 0.0821. The van der Waals surface area contributed by atoms with Crippen LogP contribution >= 0.6 is 48.8 Å². The summed E-state index contributed by atoms with van der Waals surface area (Å²) in [4.78, 5) is 21.6. The van der Waals surface area contributed by atoms with Gasteiger partial charge in [-0.15, -0.1) is 0 Å². The second-order valence-corrected chi connectivity index (χ2v) is 5.54. The predicted octanol–water partition coefficient (Wildman–Crippen LogP) is 12.0. The summed E-state index contributed by atoms with van der Waals surface area (Å²) in [5.41, 5.74) is 4.83. The second-order valence-electron chi connectivity index (χ2n) is 5.01. The monoisotopic (exact) mass is 752 g/mol. The number of carbonyl (C=O) groups excluding carboxylic acids is 2. The molecule has 222 valence electrons. The van der Waals surface area contributed by atoms with Gasteiger partial charge in [-0.2, -0.15) is 0 Å². The fourth-order valence-corrected chi connectivity index (χ4v) is 0.822. The Bertz CT molecular complexity index is 402. The highest BCUT2D eigenvalue weighted by atomic mass is 128. The third-order valence-electron chi connectivity index (χ3n) is 2.82. The molecule has 0 aromatic rings. The van der Waals surface area contributed by atoms with Crippen molar-refractivity contribution in [3.05, 3.63) is 22.5 Å². The molecule has 0 saturated carbocycles. The topological polar surface area (TPSA) is 49.4 Å². The van der Waals surface area contributed by atoms with Crippen LogP contribution in [0.15, 0.2) is 22.5 Å². The standard InChI is InChI=1S/C8H15NO.C6H13N.C2H3ClO.6C2H6.I2/c1-6(2)7(3)9(5)8(4)10;1-5(2)6(3)7-4;1-2(3)4;7*1-2/h1-5H3;7H,1-4H3;1H3;6*1-2H3;. The molecule has 0 aliphatic heterocycles. The summed E-state index contributed by atoms with van der Waals surface area (Å²) in [5.74, 6) is 0.0821. The lowest BCUT2D eigenvalue weighted by Gasteiger charge is -2.16. The molecule has 0 fully saturated rings. The predicted molar refractivity (Wildman–Crippen MR) is 188 cm³/mol. The normalized spacial score (nSPS) is 6.09. The van der Waals surface area contributed by atoms with Crippen LogP contribution in [0.3, 0.4) is 0 Å². The molecule has 0 bridgehead atoms. The molecule has 0 atom stereocenters. The zero-order chi connectivity index (χ0) is 31.7. The maximum atomic E-state index is 10.8. The molecule has 1 N–H and O–H groups in total. The number of rotatable bonds is 2. The number of nitrogens with one attached hydrogen (secondary N) is 1. The molecule has 0 heterocycles. The first-order valence-electron chi connectivity index (χ1n) is 12.9. The lowest BCUT2D eigenvalue weighted by Crippen LogP contribution is -2.22. The number of nitrogens with zero attached hydrogens (tertiary/aromatic N) is 1. The summed E-state index contributed by atoms with van der Waals surface area (Å²) < 4.78 is 0. The van der Waals surface area contributed by atoms with E-state index in [-0.39, 0.29) is 11.1 Å². The largest absolute Gasteiger partial charge is 0.392 e. The van der Waals surface area contributed by atoms with Crippen LogP contribution in [0.25, 0.3) is 0 Å². The van der Waals surface area contributed by atoms with Crippen molar-refractivity contribution in [3.8, 4) is 0 Å². The zero-order valence-electron chi connectivity index (χ0n) is 27.9. The van der Waals surface area contributed by atoms with Crippen LogP contribution in [0.1, 0.15) is 138 Å². The molecule has 0 unspecified atom stereocenters. The van der Waals surface area contributed by atoms with Gasteiger partial charge in [0.1, 0.15) is 0 Å². The molecular weight excluding hydrogens is 686 g/mol. The average molecular weight is 753 g/mol. The van der Waals surface area contributed by atoms with Crippen LogP contribution in [0.4, 0.5) is 0 Å². The zero-order valence-corrected chi connectivity index (χ0v) is 33.0. The third kappa shape index (κ3) is 107. The number of allylic oxidation sites excluding steroid dienone is 4. The number of hydrogen-bond donors (Lipinski definition) is 1. The van der Waals surface area contributed by atoms with Crippen molar-refractivity contribution in [2.24, 2.45) is 0 Å². The average Bonchev–Trinajstić information content (AvgIpc) is 2.90. The summed E-state index contributed by atoms with van der Waals surface area (Å²) in [6.07, 6.45) is 0. The Morgan fingerprint density at radius 2 is 0.800 bits per heavy atom. The van der Waals surface area contributed by atoms with Crippen molar-refractivity contribution >= 4 is 60.0 Å². The highest BCUT2D eigenvalue weighted by molar-refractivity contribution is 15.0. The summed E-state index contributed by atoms with van der Waals surface area (Å²) in [6.45, 7) is 39.0. The SMILES string of the molecule is CC.CC.CC.CC.CC.CC.CC(=O)Cl.CC(=O)N(C)C(C)=C(C)C.CNC(C)=C(C)C.II. The van der Waals surface area contributed by atoms with Gasteiger partial charge in [0.25, 0.3) is 0 Å². The maximum absolute atomic E-state index is 10.8. The van der Waals surface area contributed by atoms with Crippen LogP contribution in [-0.4, -0.2) is 30.1 Å². The van der Waals surface area contributed by atoms with Gasteiger partial charge in [-0.1, -0.05) is 94.2 Å². The molecule has 0 aromatic heterocycles. The first kappa shape index (κ1) is 64.8. The molecule has 0 saturated heterocycles. The van der Waals surface area contributed by atoms with Crippen molar-refractivity contribution in [1.29, 1.82) is 0 Å². The Morgan fingerprint density at radius 3 is 0.829 bits per heavy atom. The van der Waals surface area contributed by atoms with E-state index in [0.717, 1.165) is 5.70 Å². The van der Waals surface area contributed by atoms with Crippen molar-refractivity contribution in [2.45, 2.75) is 138 Å². The van der Waals surface area contributed by atoms with Gasteiger partial charge in [-0.25, -0.2) is 0 Å². The van der Waals surface area contributed by atoms with Gasteiger partial charge in [-0.3, -0.25) is 9.59 Å². The van der Waals surface area contributed by atoms with Crippen molar-refractivity contribution < 1.29 is 9.59 Å². The number of carbonyl (C=O) groups is 2. The number of hydrogen-bond acceptors (Lipinski definition) is 3. The maximum Gasteiger partial charge on any atom is 0.223 e. The molecule has 7 heteroatoms. The van der Waals surface area contributed by atoms with Crippen molar-refractivity contribution in [1.82, 2.24) is 10.2 Å². The van der Waals surface area contributed by atoms with Gasteiger partial charge in [0.05, 0.1) is 0 Å². The summed E-state index contributed by atoms with van der Waals surface area (Å²) in [5, 5.41) is 2.68. The van der Waals surface area contributed by atoms with Gasteiger partial charge in [0.15, 0.2) is 0 Å². The molecule has 0 radical (unpaired) electrons. The Hall–Kier alpha value is 0.170. The van der Waals surface area contributed by atoms with Gasteiger partial charge < -0.3 is 10.2 Å². The quantitative estimate of drug-likeness (QED) is 0.226. The van der Waals surface area contributed by atoms with Crippen LogP contribution in [0.5, 0.6) is 0 Å². The lowest BCUT2D eigenvalue weighted by atomic mass is 10.2. The molecule has 35 heavy (non-hydrogen) atoms. The fourth-order valence-electron chi connectivity index (χ4n) is 0.822. The molecular formula is C28H67ClI2N2O2. The van der Waals surface area contributed by atoms with Crippen LogP contribution in [0, 0.1) is 0 Å². The molecule has 4 nitrogen and oxygen atoms in total. The first-order valence-corrected chi connectivity index (χ1v) is 19.5. The second kappa shape index (κ2) is 76.5. The van der Waals surface area contributed by atoms with E-state index in [2.05, 4.69) is 74.9 Å². The van der Waals surface area contributed by atoms with Gasteiger partial charge in [0, 0.05) is 76.6 Å². The Labute approximate surface area is 253 Å².